The fourth-order valence-corrected chi connectivity index (χ4v) is 2.31. The lowest BCUT2D eigenvalue weighted by Gasteiger charge is -2.24. The number of aromatic nitrogens is 4. The van der Waals surface area contributed by atoms with Gasteiger partial charge in [0.05, 0.1) is 25.0 Å². The van der Waals surface area contributed by atoms with Crippen LogP contribution < -0.4 is 5.73 Å². The Kier molecular flexibility index (Phi) is 2.66. The monoisotopic (exact) mass is 265 g/mol. The lowest BCUT2D eigenvalue weighted by Crippen LogP contribution is -2.39. The van der Waals surface area contributed by atoms with Crippen molar-refractivity contribution in [3.63, 3.8) is 0 Å². The summed E-state index contributed by atoms with van der Waals surface area (Å²) in [6.07, 6.45) is 2.21. The lowest BCUT2D eigenvalue weighted by molar-refractivity contribution is -0.0991. The molecule has 0 radical (unpaired) electrons. The zero-order chi connectivity index (χ0) is 13.6. The number of ether oxygens (including phenoxy) is 1. The molecule has 0 aromatic carbocycles. The molecule has 2 aromatic rings. The summed E-state index contributed by atoms with van der Waals surface area (Å²) in [7, 11) is 0. The number of hydrogen-bond donors (Lipinski definition) is 3. The first-order chi connectivity index (χ1) is 9.05. The maximum atomic E-state index is 9.97. The summed E-state index contributed by atoms with van der Waals surface area (Å²) in [4.78, 5) is 7.97. The van der Waals surface area contributed by atoms with Crippen LogP contribution in [-0.2, 0) is 4.74 Å². The van der Waals surface area contributed by atoms with E-state index >= 15 is 0 Å². The Balaban J connectivity index is 2.01. The van der Waals surface area contributed by atoms with Crippen molar-refractivity contribution in [1.29, 1.82) is 0 Å². The van der Waals surface area contributed by atoms with E-state index in [0.717, 1.165) is 5.56 Å². The predicted octanol–water partition coefficient (Wildman–Crippen LogP) is -0.720. The number of nitrogens with zero attached hydrogens (tertiary/aromatic N) is 4. The van der Waals surface area contributed by atoms with E-state index in [-0.39, 0.29) is 18.7 Å². The minimum atomic E-state index is -0.961. The molecule has 3 rings (SSSR count). The molecule has 1 aliphatic rings. The Bertz CT molecular complexity index is 615. The summed E-state index contributed by atoms with van der Waals surface area (Å²) < 4.78 is 7.16. The molecule has 0 saturated carbocycles. The van der Waals surface area contributed by atoms with Crippen LogP contribution in [0.4, 0.5) is 5.95 Å². The smallest absolute Gasteiger partial charge is 0.224 e. The Morgan fingerprint density at radius 2 is 2.37 bits per heavy atom. The standard InChI is InChI=1S/C11H15N5O3/c1-11(4-17)8(18)2-7(19-11)6-3-15-16-9(6)13-5-14-10(16)12/h3,5,7-8,17-18H,2,4H2,1H3,(H2,12,13,14)/t7-,8+,11-/m1/s1. The molecule has 0 bridgehead atoms. The Morgan fingerprint density at radius 1 is 1.58 bits per heavy atom. The predicted molar refractivity (Wildman–Crippen MR) is 65.1 cm³/mol. The van der Waals surface area contributed by atoms with Crippen LogP contribution in [0.15, 0.2) is 12.5 Å². The van der Waals surface area contributed by atoms with Crippen LogP contribution in [0, 0.1) is 0 Å². The van der Waals surface area contributed by atoms with Gasteiger partial charge in [-0.25, -0.2) is 9.97 Å². The van der Waals surface area contributed by atoms with E-state index in [9.17, 15) is 10.2 Å². The second-order valence-corrected chi connectivity index (χ2v) is 4.90. The minimum absolute atomic E-state index is 0.236. The van der Waals surface area contributed by atoms with Crippen molar-refractivity contribution in [2.75, 3.05) is 12.3 Å². The van der Waals surface area contributed by atoms with E-state index in [1.165, 1.54) is 10.8 Å². The van der Waals surface area contributed by atoms with Crippen LogP contribution in [-0.4, -0.2) is 48.1 Å². The van der Waals surface area contributed by atoms with Gasteiger partial charge >= 0.3 is 0 Å². The first kappa shape index (κ1) is 12.3. The Hall–Kier alpha value is -1.77. The summed E-state index contributed by atoms with van der Waals surface area (Å²) in [5.41, 5.74) is 6.01. The van der Waals surface area contributed by atoms with Crippen molar-refractivity contribution in [1.82, 2.24) is 19.6 Å². The van der Waals surface area contributed by atoms with Crippen molar-refractivity contribution in [3.8, 4) is 0 Å². The third-order valence-corrected chi connectivity index (χ3v) is 3.57. The molecular weight excluding hydrogens is 250 g/mol. The number of nitrogens with two attached hydrogens (primary N) is 1. The molecule has 1 saturated heterocycles. The average Bonchev–Trinajstić information content (AvgIpc) is 2.94. The van der Waals surface area contributed by atoms with E-state index in [1.807, 2.05) is 0 Å². The van der Waals surface area contributed by atoms with Crippen LogP contribution in [0.1, 0.15) is 25.0 Å². The molecular formula is C11H15N5O3. The van der Waals surface area contributed by atoms with Crippen molar-refractivity contribution < 1.29 is 14.9 Å². The van der Waals surface area contributed by atoms with Crippen molar-refractivity contribution in [3.05, 3.63) is 18.1 Å². The van der Waals surface area contributed by atoms with Gasteiger partial charge in [0.2, 0.25) is 5.95 Å². The summed E-state index contributed by atoms with van der Waals surface area (Å²) in [5.74, 6) is 0.236. The quantitative estimate of drug-likeness (QED) is 0.655. The first-order valence-corrected chi connectivity index (χ1v) is 5.96. The maximum absolute atomic E-state index is 9.97. The zero-order valence-corrected chi connectivity index (χ0v) is 10.4. The van der Waals surface area contributed by atoms with E-state index in [0.29, 0.717) is 12.1 Å². The van der Waals surface area contributed by atoms with Crippen molar-refractivity contribution in [2.24, 2.45) is 0 Å². The third-order valence-electron chi connectivity index (χ3n) is 3.57. The number of hydrogen-bond acceptors (Lipinski definition) is 7. The van der Waals surface area contributed by atoms with Crippen molar-refractivity contribution >= 4 is 11.6 Å². The highest BCUT2D eigenvalue weighted by atomic mass is 16.5. The van der Waals surface area contributed by atoms with Gasteiger partial charge in [-0.05, 0) is 6.92 Å². The van der Waals surface area contributed by atoms with Gasteiger partial charge in [0.15, 0.2) is 5.65 Å². The molecule has 2 aromatic heterocycles. The van der Waals surface area contributed by atoms with Crippen LogP contribution in [0.5, 0.6) is 0 Å². The molecule has 3 heterocycles. The molecule has 3 atom stereocenters. The highest BCUT2D eigenvalue weighted by molar-refractivity contribution is 5.50. The van der Waals surface area contributed by atoms with Gasteiger partial charge in [0, 0.05) is 12.0 Å². The minimum Gasteiger partial charge on any atom is -0.393 e. The molecule has 8 nitrogen and oxygen atoms in total. The van der Waals surface area contributed by atoms with Gasteiger partial charge in [-0.3, -0.25) is 0 Å². The molecule has 0 amide bonds. The second-order valence-electron chi connectivity index (χ2n) is 4.90. The molecule has 1 aliphatic heterocycles. The van der Waals surface area contributed by atoms with E-state index in [2.05, 4.69) is 15.1 Å². The van der Waals surface area contributed by atoms with E-state index < -0.39 is 11.7 Å². The SMILES string of the molecule is C[C@]1(CO)O[C@@H](c2cnn3c(N)ncnc23)C[C@@H]1O. The molecule has 1 fully saturated rings. The topological polar surface area (TPSA) is 119 Å². The van der Waals surface area contributed by atoms with E-state index in [4.69, 9.17) is 10.5 Å². The van der Waals surface area contributed by atoms with Crippen LogP contribution >= 0.6 is 0 Å². The summed E-state index contributed by atoms with van der Waals surface area (Å²) in [5, 5.41) is 23.4. The van der Waals surface area contributed by atoms with Crippen LogP contribution in [0.2, 0.25) is 0 Å². The van der Waals surface area contributed by atoms with Gasteiger partial charge < -0.3 is 20.7 Å². The van der Waals surface area contributed by atoms with Crippen LogP contribution in [0.25, 0.3) is 5.65 Å². The number of fused-ring (bicyclic) bond motifs is 1. The third kappa shape index (κ3) is 1.76. The summed E-state index contributed by atoms with van der Waals surface area (Å²) in [6, 6.07) is 0. The summed E-state index contributed by atoms with van der Waals surface area (Å²) in [6.45, 7) is 1.42. The van der Waals surface area contributed by atoms with Gasteiger partial charge in [-0.2, -0.15) is 9.61 Å². The average molecular weight is 265 g/mol. The van der Waals surface area contributed by atoms with Gasteiger partial charge in [0.25, 0.3) is 0 Å². The Morgan fingerprint density at radius 3 is 3.05 bits per heavy atom. The normalized spacial score (nSPS) is 31.1. The number of aliphatic hydroxyl groups is 2. The highest BCUT2D eigenvalue weighted by Gasteiger charge is 2.45. The van der Waals surface area contributed by atoms with Gasteiger partial charge in [0.1, 0.15) is 11.9 Å². The molecule has 102 valence electrons. The highest BCUT2D eigenvalue weighted by Crippen LogP contribution is 2.40. The first-order valence-electron chi connectivity index (χ1n) is 5.96. The van der Waals surface area contributed by atoms with Crippen LogP contribution in [0.3, 0.4) is 0 Å². The van der Waals surface area contributed by atoms with Gasteiger partial charge in [-0.15, -0.1) is 0 Å². The number of aliphatic hydroxyl groups excluding tert-OH is 2. The van der Waals surface area contributed by atoms with Gasteiger partial charge in [-0.1, -0.05) is 0 Å². The largest absolute Gasteiger partial charge is 0.393 e. The molecule has 19 heavy (non-hydrogen) atoms. The molecule has 8 heteroatoms. The maximum Gasteiger partial charge on any atom is 0.224 e. The number of rotatable bonds is 2. The number of nitrogen functional groups attached to an aromatic ring is 1. The second kappa shape index (κ2) is 4.12. The zero-order valence-electron chi connectivity index (χ0n) is 10.4. The Labute approximate surface area is 108 Å². The molecule has 4 N–H and O–H groups in total. The molecule has 0 unspecified atom stereocenters. The fraction of sp³-hybridized carbons (Fsp3) is 0.545. The van der Waals surface area contributed by atoms with Crippen molar-refractivity contribution in [2.45, 2.75) is 31.2 Å². The lowest BCUT2D eigenvalue weighted by atomic mass is 9.99. The fourth-order valence-electron chi connectivity index (χ4n) is 2.31. The summed E-state index contributed by atoms with van der Waals surface area (Å²) >= 11 is 0. The molecule has 0 spiro atoms. The molecule has 0 aliphatic carbocycles. The van der Waals surface area contributed by atoms with E-state index in [1.54, 1.807) is 13.1 Å². The number of anilines is 1.